The van der Waals surface area contributed by atoms with Crippen LogP contribution in [0, 0.1) is 19.1 Å². The molecule has 0 spiro atoms. The Bertz CT molecular complexity index is 1470. The molecule has 0 saturated heterocycles. The van der Waals surface area contributed by atoms with E-state index in [1.807, 2.05) is 55.5 Å². The first-order valence-electron chi connectivity index (χ1n) is 12.5. The monoisotopic (exact) mass is 644 g/mol. The molecule has 0 amide bonds. The van der Waals surface area contributed by atoms with E-state index in [9.17, 15) is 5.41 Å². The zero-order valence-electron chi connectivity index (χ0n) is 23.6. The molecule has 1 heterocycles. The normalized spacial score (nSPS) is 13.1. The van der Waals surface area contributed by atoms with Gasteiger partial charge in [0.1, 0.15) is 0 Å². The first kappa shape index (κ1) is 21.4. The molecule has 0 N–H and O–H groups in total. The van der Waals surface area contributed by atoms with E-state index in [0.29, 0.717) is 0 Å². The van der Waals surface area contributed by atoms with Crippen LogP contribution in [0.3, 0.4) is 0 Å². The van der Waals surface area contributed by atoms with Crippen molar-refractivity contribution in [2.75, 3.05) is 0 Å². The summed E-state index contributed by atoms with van der Waals surface area (Å²) in [5, 5.41) is 20.4. The van der Waals surface area contributed by atoms with Crippen molar-refractivity contribution >= 4 is 43.4 Å². The fourth-order valence-corrected chi connectivity index (χ4v) is 3.88. The van der Waals surface area contributed by atoms with Crippen LogP contribution in [0.15, 0.2) is 110 Å². The smallest absolute Gasteiger partial charge is 0.0616 e. The zero-order valence-corrected chi connectivity index (χ0v) is 21.8. The molecule has 0 atom stereocenters. The predicted octanol–water partition coefficient (Wildman–Crippen LogP) is 8.51. The predicted molar refractivity (Wildman–Crippen MR) is 148 cm³/mol. The molecule has 34 heavy (non-hydrogen) atoms. The largest absolute Gasteiger partial charge is 0.855 e. The summed E-state index contributed by atoms with van der Waals surface area (Å²) in [6, 6.07) is 23.7. The minimum Gasteiger partial charge on any atom is -0.855 e. The third-order valence-electron chi connectivity index (χ3n) is 4.15. The van der Waals surface area contributed by atoms with Crippen molar-refractivity contribution in [2.45, 2.75) is 13.8 Å². The number of hydrogen-bond donors (Lipinski definition) is 0. The van der Waals surface area contributed by atoms with Crippen LogP contribution in [0.4, 0.5) is 0 Å². The van der Waals surface area contributed by atoms with Crippen molar-refractivity contribution in [3.05, 3.63) is 144 Å². The molecule has 0 saturated carbocycles. The van der Waals surface area contributed by atoms with Crippen LogP contribution in [0.5, 0.6) is 0 Å². The number of allylic oxidation sites excluding steroid dienone is 6. The molecule has 4 heteroatoms. The van der Waals surface area contributed by atoms with Gasteiger partial charge in [-0.1, -0.05) is 66.6 Å². The molecule has 175 valence electrons. The second-order valence-electron chi connectivity index (χ2n) is 6.60. The van der Waals surface area contributed by atoms with E-state index < -0.39 is 30.2 Å². The number of hydrogen-bond acceptors (Lipinski definition) is 1. The van der Waals surface area contributed by atoms with E-state index in [2.05, 4.69) is 25.3 Å². The van der Waals surface area contributed by atoms with Gasteiger partial charge in [-0.3, -0.25) is 0 Å². The maximum atomic E-state index is 10.4. The van der Waals surface area contributed by atoms with Crippen LogP contribution < -0.4 is 0 Å². The number of nitrogens with zero attached hydrogens (tertiary/aromatic N) is 2. The number of benzene rings is 3. The van der Waals surface area contributed by atoms with Crippen LogP contribution in [0.25, 0.3) is 31.0 Å². The van der Waals surface area contributed by atoms with Gasteiger partial charge in [-0.2, -0.15) is 59.5 Å². The van der Waals surface area contributed by atoms with Crippen LogP contribution >= 0.6 is 11.3 Å². The summed E-state index contributed by atoms with van der Waals surface area (Å²) in [5.41, 5.74) is 0.431. The minimum atomic E-state index is -2.58. The van der Waals surface area contributed by atoms with Crippen molar-refractivity contribution in [3.63, 3.8) is 0 Å². The third kappa shape index (κ3) is 8.99. The second-order valence-corrected chi connectivity index (χ2v) is 7.65. The van der Waals surface area contributed by atoms with Crippen LogP contribution in [0.1, 0.15) is 24.8 Å². The van der Waals surface area contributed by atoms with Gasteiger partial charge in [0.15, 0.2) is 0 Å². The van der Waals surface area contributed by atoms with Crippen LogP contribution in [0.2, 0.25) is 0 Å². The summed E-state index contributed by atoms with van der Waals surface area (Å²) in [5.74, 6) is 0. The third-order valence-corrected chi connectivity index (χ3v) is 5.46. The Kier molecular flexibility index (Phi) is 9.82. The summed E-state index contributed by atoms with van der Waals surface area (Å²) in [7, 11) is 0. The maximum absolute atomic E-state index is 10.4. The standard InChI is InChI=1S/C19H15NS.C6H5.C5H6N.Ir/c1-12(2)7-10-17(20)14-8-9-15-16-6-4-5-13(3)19(16)21-18(15)11-14;1-2-4-6-5-3-1;1-2-3-4-5-6;/h4-7,9-11H,1H2,2-3H3;1-5H;2-5H,1H2;/q-2;2*-1;/b10-7-;;4-3-;/i2D3,7D,10D;;;. The molecule has 0 bridgehead atoms. The molecule has 0 aliphatic carbocycles. The van der Waals surface area contributed by atoms with Gasteiger partial charge in [0.25, 0.3) is 0 Å². The Labute approximate surface area is 227 Å². The zero-order chi connectivity index (χ0) is 28.3. The summed E-state index contributed by atoms with van der Waals surface area (Å²) in [6.45, 7) is 6.18. The molecule has 4 aromatic rings. The van der Waals surface area contributed by atoms with Crippen molar-refractivity contribution in [1.29, 1.82) is 0 Å². The van der Waals surface area contributed by atoms with E-state index in [1.165, 1.54) is 6.08 Å². The van der Waals surface area contributed by atoms with Gasteiger partial charge in [0, 0.05) is 30.3 Å². The molecule has 0 aliphatic heterocycles. The molecule has 4 rings (SSSR count). The Morgan fingerprint density at radius 3 is 2.44 bits per heavy atom. The number of rotatable bonds is 5. The van der Waals surface area contributed by atoms with Crippen LogP contribution in [-0.4, -0.2) is 11.9 Å². The maximum Gasteiger partial charge on any atom is 0.0616 e. The van der Waals surface area contributed by atoms with Gasteiger partial charge in [-0.05, 0) is 29.4 Å². The Hall–Kier alpha value is -3.17. The molecular weight excluding hydrogens is 613 g/mol. The Morgan fingerprint density at radius 2 is 1.88 bits per heavy atom. The van der Waals surface area contributed by atoms with Gasteiger partial charge < -0.3 is 10.8 Å². The van der Waals surface area contributed by atoms with Gasteiger partial charge in [-0.15, -0.1) is 24.3 Å². The topological polar surface area (TPSA) is 44.6 Å². The van der Waals surface area contributed by atoms with E-state index in [4.69, 9.17) is 12.3 Å². The van der Waals surface area contributed by atoms with Crippen molar-refractivity contribution in [3.8, 4) is 0 Å². The summed E-state index contributed by atoms with van der Waals surface area (Å²) in [4.78, 5) is 0. The van der Waals surface area contributed by atoms with E-state index >= 15 is 0 Å². The average molecular weight is 644 g/mol. The van der Waals surface area contributed by atoms with Gasteiger partial charge in [0.2, 0.25) is 0 Å². The SMILES string of the molecule is C=C/C=C\C=[N-].[2H]/C(C(=C)C([2H])([2H])[2H])=C(\[2H])C(=[N-])c1[c-]cc2c(c1)sc1c(C)cccc12.[Ir].[c-]1ccccc1. The van der Waals surface area contributed by atoms with Gasteiger partial charge in [-0.25, -0.2) is 5.71 Å². The minimum absolute atomic E-state index is 0. The number of aryl methyl sites for hydroxylation is 1. The van der Waals surface area contributed by atoms with E-state index in [-0.39, 0.29) is 25.7 Å². The summed E-state index contributed by atoms with van der Waals surface area (Å²) >= 11 is 1.57. The number of thiophene rings is 1. The van der Waals surface area contributed by atoms with Crippen molar-refractivity contribution < 1.29 is 27.0 Å². The van der Waals surface area contributed by atoms with Crippen LogP contribution in [-0.2, 0) is 20.1 Å². The second kappa shape index (κ2) is 15.6. The summed E-state index contributed by atoms with van der Waals surface area (Å²) < 4.78 is 39.8. The first-order chi connectivity index (χ1) is 18.0. The Balaban J connectivity index is 0.000000485. The molecule has 0 fully saturated rings. The quantitative estimate of drug-likeness (QED) is 0.119. The summed E-state index contributed by atoms with van der Waals surface area (Å²) in [6.07, 6.45) is 5.68. The molecular formula is C30H26IrN2S-4. The molecule has 3 aromatic carbocycles. The van der Waals surface area contributed by atoms with E-state index in [1.54, 1.807) is 35.6 Å². The Morgan fingerprint density at radius 1 is 1.12 bits per heavy atom. The molecule has 2 nitrogen and oxygen atoms in total. The molecule has 0 aliphatic rings. The average Bonchev–Trinajstić information content (AvgIpc) is 3.30. The van der Waals surface area contributed by atoms with Crippen molar-refractivity contribution in [2.24, 2.45) is 0 Å². The first-order valence-corrected chi connectivity index (χ1v) is 10.8. The molecule has 1 aromatic heterocycles. The molecule has 0 unspecified atom stereocenters. The molecule has 1 radical (unpaired) electrons. The van der Waals surface area contributed by atoms with Gasteiger partial charge >= 0.3 is 0 Å². The van der Waals surface area contributed by atoms with E-state index in [0.717, 1.165) is 32.0 Å². The van der Waals surface area contributed by atoms with Gasteiger partial charge in [0.05, 0.1) is 1.37 Å². The van der Waals surface area contributed by atoms with Crippen molar-refractivity contribution in [1.82, 2.24) is 0 Å². The fourth-order valence-electron chi connectivity index (χ4n) is 2.69. The number of fused-ring (bicyclic) bond motifs is 3. The fraction of sp³-hybridized carbons (Fsp3) is 0.0667.